The first-order valence-corrected chi connectivity index (χ1v) is 7.18. The zero-order valence-electron chi connectivity index (χ0n) is 11.4. The molecule has 3 rings (SSSR count). The Morgan fingerprint density at radius 3 is 2.56 bits per heavy atom. The number of fused-ring (bicyclic) bond motifs is 1. The first-order chi connectivity index (χ1) is 8.65. The lowest BCUT2D eigenvalue weighted by atomic mass is 10.0. The van der Waals surface area contributed by atoms with E-state index < -0.39 is 0 Å². The molecule has 2 aliphatic rings. The van der Waals surface area contributed by atoms with Crippen molar-refractivity contribution >= 4 is 0 Å². The van der Waals surface area contributed by atoms with E-state index in [4.69, 9.17) is 0 Å². The number of phenols is 1. The molecule has 1 heterocycles. The third kappa shape index (κ3) is 2.03. The average molecular weight is 245 g/mol. The van der Waals surface area contributed by atoms with Gasteiger partial charge in [-0.25, -0.2) is 0 Å². The van der Waals surface area contributed by atoms with Gasteiger partial charge in [-0.1, -0.05) is 24.1 Å². The van der Waals surface area contributed by atoms with Crippen LogP contribution in [0.5, 0.6) is 5.75 Å². The van der Waals surface area contributed by atoms with E-state index in [0.717, 1.165) is 17.4 Å². The minimum atomic E-state index is 0.343. The van der Waals surface area contributed by atoms with Crippen molar-refractivity contribution in [1.82, 2.24) is 4.90 Å². The lowest BCUT2D eigenvalue weighted by Crippen LogP contribution is -2.25. The summed E-state index contributed by atoms with van der Waals surface area (Å²) in [4.78, 5) is 2.56. The standard InChI is InChI=1S/C16H23NO/c1-11-6-7-16(18)15(8-11)12(2)17-9-13-4-3-5-14(13)10-17/h6-8,12-14,18H,3-5,9-10H2,1-2H3. The van der Waals surface area contributed by atoms with E-state index in [9.17, 15) is 5.11 Å². The summed E-state index contributed by atoms with van der Waals surface area (Å²) < 4.78 is 0. The lowest BCUT2D eigenvalue weighted by Gasteiger charge is -2.26. The van der Waals surface area contributed by atoms with Crippen LogP contribution >= 0.6 is 0 Å². The normalized spacial score (nSPS) is 29.4. The van der Waals surface area contributed by atoms with Crippen molar-refractivity contribution in [2.45, 2.75) is 39.2 Å². The van der Waals surface area contributed by atoms with Gasteiger partial charge < -0.3 is 5.11 Å². The summed E-state index contributed by atoms with van der Waals surface area (Å²) in [5.74, 6) is 2.28. The van der Waals surface area contributed by atoms with Crippen molar-refractivity contribution in [3.05, 3.63) is 29.3 Å². The van der Waals surface area contributed by atoms with Gasteiger partial charge in [-0.15, -0.1) is 0 Å². The van der Waals surface area contributed by atoms with Crippen molar-refractivity contribution < 1.29 is 5.11 Å². The summed E-state index contributed by atoms with van der Waals surface area (Å²) in [7, 11) is 0. The van der Waals surface area contributed by atoms with Gasteiger partial charge in [0.05, 0.1) is 0 Å². The van der Waals surface area contributed by atoms with Crippen LogP contribution in [0.15, 0.2) is 18.2 Å². The van der Waals surface area contributed by atoms with Crippen LogP contribution in [0.1, 0.15) is 43.4 Å². The highest BCUT2D eigenvalue weighted by atomic mass is 16.3. The minimum absolute atomic E-state index is 0.343. The van der Waals surface area contributed by atoms with Crippen LogP contribution in [0.25, 0.3) is 0 Å². The van der Waals surface area contributed by atoms with Crippen molar-refractivity contribution in [2.75, 3.05) is 13.1 Å². The zero-order valence-corrected chi connectivity index (χ0v) is 11.4. The molecule has 2 heteroatoms. The maximum Gasteiger partial charge on any atom is 0.120 e. The molecular weight excluding hydrogens is 222 g/mol. The van der Waals surface area contributed by atoms with Crippen LogP contribution in [-0.4, -0.2) is 23.1 Å². The van der Waals surface area contributed by atoms with Gasteiger partial charge in [0.2, 0.25) is 0 Å². The number of hydrogen-bond donors (Lipinski definition) is 1. The van der Waals surface area contributed by atoms with Crippen LogP contribution in [0.2, 0.25) is 0 Å². The Bertz CT molecular complexity index is 431. The minimum Gasteiger partial charge on any atom is -0.508 e. The Hall–Kier alpha value is -1.02. The first kappa shape index (κ1) is 12.0. The maximum atomic E-state index is 10.0. The molecule has 0 bridgehead atoms. The van der Waals surface area contributed by atoms with Gasteiger partial charge in [-0.2, -0.15) is 0 Å². The number of hydrogen-bond acceptors (Lipinski definition) is 2. The Kier molecular flexibility index (Phi) is 3.06. The van der Waals surface area contributed by atoms with E-state index in [1.807, 2.05) is 12.1 Å². The number of aromatic hydroxyl groups is 1. The van der Waals surface area contributed by atoms with Crippen molar-refractivity contribution in [1.29, 1.82) is 0 Å². The molecule has 18 heavy (non-hydrogen) atoms. The molecule has 3 unspecified atom stereocenters. The SMILES string of the molecule is Cc1ccc(O)c(C(C)N2CC3CCCC3C2)c1. The van der Waals surface area contributed by atoms with E-state index in [1.165, 1.54) is 37.9 Å². The van der Waals surface area contributed by atoms with E-state index in [2.05, 4.69) is 24.8 Å². The smallest absolute Gasteiger partial charge is 0.120 e. The summed E-state index contributed by atoms with van der Waals surface area (Å²) in [5, 5.41) is 10.0. The Balaban J connectivity index is 1.78. The van der Waals surface area contributed by atoms with Crippen LogP contribution < -0.4 is 0 Å². The van der Waals surface area contributed by atoms with Gasteiger partial charge in [0.25, 0.3) is 0 Å². The van der Waals surface area contributed by atoms with Gasteiger partial charge in [-0.05, 0) is 44.6 Å². The van der Waals surface area contributed by atoms with E-state index in [-0.39, 0.29) is 0 Å². The molecule has 1 N–H and O–H groups in total. The third-order valence-electron chi connectivity index (χ3n) is 4.94. The summed E-state index contributed by atoms with van der Waals surface area (Å²) in [6.07, 6.45) is 4.24. The number of rotatable bonds is 2. The molecule has 0 spiro atoms. The second-order valence-corrected chi connectivity index (χ2v) is 6.14. The van der Waals surface area contributed by atoms with Crippen LogP contribution in [0.4, 0.5) is 0 Å². The summed E-state index contributed by atoms with van der Waals surface area (Å²) in [5.41, 5.74) is 2.32. The third-order valence-corrected chi connectivity index (χ3v) is 4.94. The number of nitrogens with zero attached hydrogens (tertiary/aromatic N) is 1. The van der Waals surface area contributed by atoms with Crippen molar-refractivity contribution in [3.8, 4) is 5.75 Å². The highest BCUT2D eigenvalue weighted by molar-refractivity contribution is 5.37. The monoisotopic (exact) mass is 245 g/mol. The molecule has 1 aromatic rings. The van der Waals surface area contributed by atoms with Crippen molar-refractivity contribution in [3.63, 3.8) is 0 Å². The van der Waals surface area contributed by atoms with E-state index in [1.54, 1.807) is 0 Å². The Labute approximate surface area is 110 Å². The molecule has 2 nitrogen and oxygen atoms in total. The Morgan fingerprint density at radius 1 is 1.22 bits per heavy atom. The topological polar surface area (TPSA) is 23.5 Å². The number of phenolic OH excluding ortho intramolecular Hbond substituents is 1. The highest BCUT2D eigenvalue weighted by Gasteiger charge is 2.38. The zero-order chi connectivity index (χ0) is 12.7. The molecule has 1 aliphatic carbocycles. The van der Waals surface area contributed by atoms with Crippen LogP contribution in [0, 0.1) is 18.8 Å². The fraction of sp³-hybridized carbons (Fsp3) is 0.625. The second kappa shape index (κ2) is 4.58. The maximum absolute atomic E-state index is 10.0. The molecule has 0 radical (unpaired) electrons. The molecule has 0 aromatic heterocycles. The number of likely N-dealkylation sites (tertiary alicyclic amines) is 1. The highest BCUT2D eigenvalue weighted by Crippen LogP contribution is 2.41. The number of benzene rings is 1. The lowest BCUT2D eigenvalue weighted by molar-refractivity contribution is 0.238. The summed E-state index contributed by atoms with van der Waals surface area (Å²) in [6, 6.07) is 6.28. The van der Waals surface area contributed by atoms with Gasteiger partial charge >= 0.3 is 0 Å². The van der Waals surface area contributed by atoms with Gasteiger partial charge in [-0.3, -0.25) is 4.90 Å². The van der Waals surface area contributed by atoms with Crippen LogP contribution in [-0.2, 0) is 0 Å². The largest absolute Gasteiger partial charge is 0.508 e. The van der Waals surface area contributed by atoms with Crippen LogP contribution in [0.3, 0.4) is 0 Å². The fourth-order valence-corrected chi connectivity index (χ4v) is 3.79. The molecule has 1 saturated heterocycles. The second-order valence-electron chi connectivity index (χ2n) is 6.14. The molecule has 1 aliphatic heterocycles. The molecule has 0 amide bonds. The average Bonchev–Trinajstić information content (AvgIpc) is 2.91. The molecule has 1 aromatic carbocycles. The number of aryl methyl sites for hydroxylation is 1. The molecule has 1 saturated carbocycles. The molecule has 98 valence electrons. The summed E-state index contributed by atoms with van der Waals surface area (Å²) in [6.45, 7) is 6.77. The fourth-order valence-electron chi connectivity index (χ4n) is 3.79. The van der Waals surface area contributed by atoms with Gasteiger partial charge in [0.1, 0.15) is 5.75 Å². The van der Waals surface area contributed by atoms with E-state index >= 15 is 0 Å². The first-order valence-electron chi connectivity index (χ1n) is 7.18. The Morgan fingerprint density at radius 2 is 1.89 bits per heavy atom. The van der Waals surface area contributed by atoms with Gasteiger partial charge in [0.15, 0.2) is 0 Å². The van der Waals surface area contributed by atoms with Gasteiger partial charge in [0, 0.05) is 24.7 Å². The summed E-state index contributed by atoms with van der Waals surface area (Å²) >= 11 is 0. The predicted octanol–water partition coefficient (Wildman–Crippen LogP) is 3.49. The molecule has 2 fully saturated rings. The molecular formula is C16H23NO. The van der Waals surface area contributed by atoms with E-state index in [0.29, 0.717) is 11.8 Å². The van der Waals surface area contributed by atoms with Crippen molar-refractivity contribution in [2.24, 2.45) is 11.8 Å². The predicted molar refractivity (Wildman–Crippen MR) is 73.7 cm³/mol. The molecule has 3 atom stereocenters. The quantitative estimate of drug-likeness (QED) is 0.862.